The molecular formula is C40H25N3. The first-order valence-electron chi connectivity index (χ1n) is 14.6. The molecule has 0 amide bonds. The van der Waals surface area contributed by atoms with Gasteiger partial charge in [0, 0.05) is 28.0 Å². The maximum Gasteiger partial charge on any atom is 0.162 e. The molecule has 0 aliphatic rings. The lowest BCUT2D eigenvalue weighted by atomic mass is 9.96. The van der Waals surface area contributed by atoms with Crippen LogP contribution in [-0.2, 0) is 0 Å². The average Bonchev–Trinajstić information content (AvgIpc) is 3.41. The van der Waals surface area contributed by atoms with Gasteiger partial charge in [0.1, 0.15) is 5.82 Å². The van der Waals surface area contributed by atoms with Crippen molar-refractivity contribution in [3.63, 3.8) is 0 Å². The first kappa shape index (κ1) is 23.9. The van der Waals surface area contributed by atoms with Crippen LogP contribution in [0, 0.1) is 0 Å². The molecule has 0 N–H and O–H groups in total. The standard InChI is InChI=1S/C40H25N3/c1-3-12-27(13-4-1)36-25-39(42-40(41-36)28-14-5-2-6-15-28)43-37-18-10-9-17-33(37)35-23-29-20-22-31-30-16-8-7-11-26(30)19-21-32(31)34(29)24-38(35)43/h1-25H. The predicted octanol–water partition coefficient (Wildman–Crippen LogP) is 10.4. The van der Waals surface area contributed by atoms with Crippen LogP contribution in [0.25, 0.3) is 82.6 Å². The second-order valence-electron chi connectivity index (χ2n) is 11.1. The number of benzene rings is 7. The maximum atomic E-state index is 5.21. The predicted molar refractivity (Wildman–Crippen MR) is 180 cm³/mol. The van der Waals surface area contributed by atoms with Gasteiger partial charge in [-0.15, -0.1) is 0 Å². The topological polar surface area (TPSA) is 30.7 Å². The first-order chi connectivity index (χ1) is 21.3. The van der Waals surface area contributed by atoms with E-state index in [0.717, 1.165) is 33.7 Å². The summed E-state index contributed by atoms with van der Waals surface area (Å²) in [6, 6.07) is 53.7. The lowest BCUT2D eigenvalue weighted by Crippen LogP contribution is -2.02. The monoisotopic (exact) mass is 547 g/mol. The summed E-state index contributed by atoms with van der Waals surface area (Å²) in [6.07, 6.45) is 0. The Hall–Kier alpha value is -5.80. The van der Waals surface area contributed by atoms with Crippen molar-refractivity contribution in [2.45, 2.75) is 0 Å². The fourth-order valence-corrected chi connectivity index (χ4v) is 6.56. The van der Waals surface area contributed by atoms with Crippen molar-refractivity contribution in [1.29, 1.82) is 0 Å². The van der Waals surface area contributed by atoms with Crippen molar-refractivity contribution < 1.29 is 0 Å². The summed E-state index contributed by atoms with van der Waals surface area (Å²) in [5.74, 6) is 1.56. The van der Waals surface area contributed by atoms with Gasteiger partial charge in [-0.2, -0.15) is 0 Å². The molecule has 43 heavy (non-hydrogen) atoms. The van der Waals surface area contributed by atoms with E-state index in [9.17, 15) is 0 Å². The van der Waals surface area contributed by atoms with E-state index in [1.165, 1.54) is 43.1 Å². The van der Waals surface area contributed by atoms with E-state index in [1.807, 2.05) is 24.3 Å². The SMILES string of the molecule is c1ccc(-c2cc(-n3c4ccccc4c4cc5ccc6c7ccccc7ccc6c5cc43)nc(-c3ccccc3)n2)cc1. The number of para-hydroxylation sites is 1. The lowest BCUT2D eigenvalue weighted by Gasteiger charge is -2.13. The highest BCUT2D eigenvalue weighted by atomic mass is 15.1. The van der Waals surface area contributed by atoms with Gasteiger partial charge >= 0.3 is 0 Å². The number of rotatable bonds is 3. The largest absolute Gasteiger partial charge is 0.294 e. The van der Waals surface area contributed by atoms with E-state index >= 15 is 0 Å². The number of hydrogen-bond acceptors (Lipinski definition) is 2. The average molecular weight is 548 g/mol. The quantitative estimate of drug-likeness (QED) is 0.206. The van der Waals surface area contributed by atoms with Crippen LogP contribution in [0.2, 0.25) is 0 Å². The minimum atomic E-state index is 0.709. The maximum absolute atomic E-state index is 5.21. The molecule has 0 radical (unpaired) electrons. The number of hydrogen-bond donors (Lipinski definition) is 0. The van der Waals surface area contributed by atoms with Gasteiger partial charge in [0.2, 0.25) is 0 Å². The fraction of sp³-hybridized carbons (Fsp3) is 0. The first-order valence-corrected chi connectivity index (χ1v) is 14.6. The number of fused-ring (bicyclic) bond motifs is 8. The van der Waals surface area contributed by atoms with E-state index in [1.54, 1.807) is 0 Å². The van der Waals surface area contributed by atoms with Crippen molar-refractivity contribution in [3.8, 4) is 28.5 Å². The molecule has 0 bridgehead atoms. The second-order valence-corrected chi connectivity index (χ2v) is 11.1. The van der Waals surface area contributed by atoms with Crippen LogP contribution in [0.4, 0.5) is 0 Å². The van der Waals surface area contributed by atoms with Crippen molar-refractivity contribution in [2.24, 2.45) is 0 Å². The Kier molecular flexibility index (Phi) is 5.20. The number of aromatic nitrogens is 3. The Bertz CT molecular complexity index is 2440. The van der Waals surface area contributed by atoms with Gasteiger partial charge in [-0.3, -0.25) is 4.57 Å². The molecule has 0 spiro atoms. The van der Waals surface area contributed by atoms with E-state index < -0.39 is 0 Å². The zero-order valence-corrected chi connectivity index (χ0v) is 23.3. The molecule has 7 aromatic carbocycles. The Balaban J connectivity index is 1.39. The van der Waals surface area contributed by atoms with Crippen molar-refractivity contribution in [1.82, 2.24) is 14.5 Å². The van der Waals surface area contributed by atoms with Gasteiger partial charge in [0.25, 0.3) is 0 Å². The van der Waals surface area contributed by atoms with Crippen LogP contribution in [0.15, 0.2) is 152 Å². The molecule has 2 aromatic heterocycles. The van der Waals surface area contributed by atoms with Gasteiger partial charge in [-0.25, -0.2) is 9.97 Å². The molecule has 2 heterocycles. The highest BCUT2D eigenvalue weighted by molar-refractivity contribution is 6.21. The fourth-order valence-electron chi connectivity index (χ4n) is 6.56. The lowest BCUT2D eigenvalue weighted by molar-refractivity contribution is 1.05. The van der Waals surface area contributed by atoms with Crippen LogP contribution >= 0.6 is 0 Å². The van der Waals surface area contributed by atoms with Gasteiger partial charge in [-0.1, -0.05) is 127 Å². The molecule has 0 aliphatic carbocycles. The summed E-state index contributed by atoms with van der Waals surface area (Å²) in [4.78, 5) is 10.2. The molecule has 9 aromatic rings. The van der Waals surface area contributed by atoms with Crippen LogP contribution in [0.3, 0.4) is 0 Å². The summed E-state index contributed by atoms with van der Waals surface area (Å²) in [6.45, 7) is 0. The Morgan fingerprint density at radius 3 is 1.84 bits per heavy atom. The Morgan fingerprint density at radius 2 is 1.02 bits per heavy atom. The van der Waals surface area contributed by atoms with Gasteiger partial charge in [0.15, 0.2) is 5.82 Å². The third-order valence-electron chi connectivity index (χ3n) is 8.58. The highest BCUT2D eigenvalue weighted by Gasteiger charge is 2.18. The summed E-state index contributed by atoms with van der Waals surface area (Å²) >= 11 is 0. The summed E-state index contributed by atoms with van der Waals surface area (Å²) in [5, 5.41) is 9.95. The zero-order chi connectivity index (χ0) is 28.3. The van der Waals surface area contributed by atoms with Crippen molar-refractivity contribution in [3.05, 3.63) is 152 Å². The second kappa shape index (κ2) is 9.37. The molecule has 0 fully saturated rings. The molecule has 0 saturated carbocycles. The molecule has 0 saturated heterocycles. The Morgan fingerprint density at radius 1 is 0.372 bits per heavy atom. The smallest absolute Gasteiger partial charge is 0.162 e. The van der Waals surface area contributed by atoms with Crippen molar-refractivity contribution in [2.75, 3.05) is 0 Å². The van der Waals surface area contributed by atoms with E-state index in [0.29, 0.717) is 5.82 Å². The minimum Gasteiger partial charge on any atom is -0.294 e. The molecule has 9 rings (SSSR count). The van der Waals surface area contributed by atoms with Crippen LogP contribution in [0.1, 0.15) is 0 Å². The van der Waals surface area contributed by atoms with Crippen molar-refractivity contribution >= 4 is 54.1 Å². The molecule has 3 heteroatoms. The molecule has 0 unspecified atom stereocenters. The van der Waals surface area contributed by atoms with Crippen LogP contribution in [0.5, 0.6) is 0 Å². The van der Waals surface area contributed by atoms with E-state index in [-0.39, 0.29) is 0 Å². The third kappa shape index (κ3) is 3.75. The normalized spacial score (nSPS) is 11.7. The molecule has 0 atom stereocenters. The van der Waals surface area contributed by atoms with Gasteiger partial charge < -0.3 is 0 Å². The zero-order valence-electron chi connectivity index (χ0n) is 23.3. The van der Waals surface area contributed by atoms with Gasteiger partial charge in [0.05, 0.1) is 16.7 Å². The molecule has 200 valence electrons. The summed E-state index contributed by atoms with van der Waals surface area (Å²) in [7, 11) is 0. The molecule has 3 nitrogen and oxygen atoms in total. The molecular weight excluding hydrogens is 522 g/mol. The summed E-state index contributed by atoms with van der Waals surface area (Å²) in [5.41, 5.74) is 5.21. The van der Waals surface area contributed by atoms with E-state index in [4.69, 9.17) is 9.97 Å². The van der Waals surface area contributed by atoms with Gasteiger partial charge in [-0.05, 0) is 50.5 Å². The highest BCUT2D eigenvalue weighted by Crippen LogP contribution is 2.38. The third-order valence-corrected chi connectivity index (χ3v) is 8.58. The van der Waals surface area contributed by atoms with Crippen LogP contribution in [-0.4, -0.2) is 14.5 Å². The molecule has 0 aliphatic heterocycles. The minimum absolute atomic E-state index is 0.709. The van der Waals surface area contributed by atoms with Crippen LogP contribution < -0.4 is 0 Å². The summed E-state index contributed by atoms with van der Waals surface area (Å²) < 4.78 is 2.31. The number of nitrogens with zero attached hydrogens (tertiary/aromatic N) is 3. The van der Waals surface area contributed by atoms with E-state index in [2.05, 4.69) is 132 Å². The Labute approximate surface area is 248 Å².